The van der Waals surface area contributed by atoms with Crippen molar-refractivity contribution < 1.29 is 53.3 Å². The van der Waals surface area contributed by atoms with Crippen LogP contribution in [0.5, 0.6) is 0 Å². The molecule has 2 fully saturated rings. The van der Waals surface area contributed by atoms with Crippen LogP contribution in [0.3, 0.4) is 0 Å². The molecule has 12 nitrogen and oxygen atoms in total. The first-order chi connectivity index (χ1) is 13.8. The van der Waals surface area contributed by atoms with Crippen LogP contribution in [0, 0.1) is 0 Å². The SMILES string of the molecule is COC(=O)C1O[C@@H](O[C@@H]2C(NC(C)=O)[C@H](OC)OC(CO)[C@@H]2O)C(O)C[C@@H]1OC. The molecule has 0 aromatic carbocycles. The van der Waals surface area contributed by atoms with Gasteiger partial charge in [0.25, 0.3) is 0 Å². The van der Waals surface area contributed by atoms with Crippen LogP contribution in [0.4, 0.5) is 0 Å². The molecule has 12 heteroatoms. The summed E-state index contributed by atoms with van der Waals surface area (Å²) in [6, 6.07) is -0.983. The predicted molar refractivity (Wildman–Crippen MR) is 93.3 cm³/mol. The Kier molecular flexibility index (Phi) is 8.73. The van der Waals surface area contributed by atoms with Gasteiger partial charge in [-0.25, -0.2) is 4.79 Å². The van der Waals surface area contributed by atoms with Crippen molar-refractivity contribution in [3.8, 4) is 0 Å². The highest BCUT2D eigenvalue weighted by atomic mass is 16.7. The van der Waals surface area contributed by atoms with E-state index >= 15 is 0 Å². The van der Waals surface area contributed by atoms with Gasteiger partial charge in [-0.15, -0.1) is 0 Å². The number of carbonyl (C=O) groups excluding carboxylic acids is 2. The fraction of sp³-hybridized carbons (Fsp3) is 0.882. The van der Waals surface area contributed by atoms with Crippen molar-refractivity contribution in [1.82, 2.24) is 5.32 Å². The number of ether oxygens (including phenoxy) is 6. The lowest BCUT2D eigenvalue weighted by molar-refractivity contribution is -0.326. The molecule has 2 saturated heterocycles. The number of hydrogen-bond acceptors (Lipinski definition) is 11. The molecule has 2 rings (SSSR count). The second kappa shape index (κ2) is 10.6. The van der Waals surface area contributed by atoms with Gasteiger partial charge < -0.3 is 49.1 Å². The first-order valence-electron chi connectivity index (χ1n) is 9.11. The minimum Gasteiger partial charge on any atom is -0.467 e. The summed E-state index contributed by atoms with van der Waals surface area (Å²) in [4.78, 5) is 23.6. The van der Waals surface area contributed by atoms with E-state index in [0.29, 0.717) is 0 Å². The summed E-state index contributed by atoms with van der Waals surface area (Å²) in [5.74, 6) is -1.16. The van der Waals surface area contributed by atoms with Crippen LogP contribution >= 0.6 is 0 Å². The number of hydrogen-bond donors (Lipinski definition) is 4. The van der Waals surface area contributed by atoms with Gasteiger partial charge in [0.2, 0.25) is 5.91 Å². The van der Waals surface area contributed by atoms with Crippen molar-refractivity contribution in [1.29, 1.82) is 0 Å². The molecule has 29 heavy (non-hydrogen) atoms. The van der Waals surface area contributed by atoms with E-state index in [0.717, 1.165) is 0 Å². The van der Waals surface area contributed by atoms with Crippen LogP contribution in [-0.4, -0.2) is 110 Å². The summed E-state index contributed by atoms with van der Waals surface area (Å²) < 4.78 is 31.9. The van der Waals surface area contributed by atoms with Crippen molar-refractivity contribution in [3.63, 3.8) is 0 Å². The van der Waals surface area contributed by atoms with Crippen LogP contribution in [-0.2, 0) is 38.0 Å². The van der Waals surface area contributed by atoms with E-state index in [1.807, 2.05) is 0 Å². The van der Waals surface area contributed by atoms with Gasteiger partial charge >= 0.3 is 5.97 Å². The summed E-state index contributed by atoms with van der Waals surface area (Å²) in [7, 11) is 3.87. The van der Waals surface area contributed by atoms with Gasteiger partial charge in [0.05, 0.1) is 19.8 Å². The van der Waals surface area contributed by atoms with Crippen LogP contribution in [0.25, 0.3) is 0 Å². The molecule has 0 spiro atoms. The Bertz CT molecular complexity index is 561. The molecule has 168 valence electrons. The van der Waals surface area contributed by atoms with E-state index in [1.165, 1.54) is 28.3 Å². The quantitative estimate of drug-likeness (QED) is 0.314. The van der Waals surface area contributed by atoms with E-state index in [9.17, 15) is 24.9 Å². The fourth-order valence-corrected chi connectivity index (χ4v) is 3.44. The first kappa shape index (κ1) is 23.9. The second-order valence-electron chi connectivity index (χ2n) is 6.80. The Hall–Kier alpha value is -1.38. The van der Waals surface area contributed by atoms with Gasteiger partial charge in [-0.3, -0.25) is 4.79 Å². The zero-order valence-corrected chi connectivity index (χ0v) is 16.7. The Morgan fingerprint density at radius 1 is 1.10 bits per heavy atom. The lowest BCUT2D eigenvalue weighted by Gasteiger charge is -2.46. The molecular weight excluding hydrogens is 394 g/mol. The standard InChI is InChI=1S/C17H29NO11/c1-7(20)18-11-14(12(22)10(6-19)27-17(11)26-4)29-16-8(21)5-9(24-2)13(28-16)15(23)25-3/h8-14,16-17,19,21-22H,5-6H2,1-4H3,(H,18,20)/t8?,9-,10?,11?,12-,13?,14+,16-,17+/m0/s1. The maximum atomic E-state index is 12.0. The molecule has 4 N–H and O–H groups in total. The summed E-state index contributed by atoms with van der Waals surface area (Å²) in [6.45, 7) is 0.717. The number of carbonyl (C=O) groups is 2. The molecule has 2 aliphatic rings. The number of rotatable bonds is 7. The molecule has 0 aliphatic carbocycles. The van der Waals surface area contributed by atoms with Crippen LogP contribution in [0.15, 0.2) is 0 Å². The predicted octanol–water partition coefficient (Wildman–Crippen LogP) is -2.74. The minimum absolute atomic E-state index is 0.00217. The largest absolute Gasteiger partial charge is 0.467 e. The van der Waals surface area contributed by atoms with Crippen molar-refractivity contribution in [2.24, 2.45) is 0 Å². The zero-order chi connectivity index (χ0) is 21.7. The van der Waals surface area contributed by atoms with E-state index in [1.54, 1.807) is 0 Å². The number of aliphatic hydroxyl groups excluding tert-OH is 3. The smallest absolute Gasteiger partial charge is 0.337 e. The molecule has 0 radical (unpaired) electrons. The third kappa shape index (κ3) is 5.41. The molecule has 2 heterocycles. The lowest BCUT2D eigenvalue weighted by Crippen LogP contribution is -2.67. The van der Waals surface area contributed by atoms with Crippen molar-refractivity contribution in [2.45, 2.75) is 68.6 Å². The molecule has 2 aliphatic heterocycles. The molecule has 0 saturated carbocycles. The second-order valence-corrected chi connectivity index (χ2v) is 6.80. The summed E-state index contributed by atoms with van der Waals surface area (Å²) in [6.07, 6.45) is -9.18. The molecule has 9 atom stereocenters. The third-order valence-electron chi connectivity index (χ3n) is 4.89. The van der Waals surface area contributed by atoms with Gasteiger partial charge in [0, 0.05) is 27.6 Å². The first-order valence-corrected chi connectivity index (χ1v) is 9.11. The van der Waals surface area contributed by atoms with Gasteiger partial charge in [-0.1, -0.05) is 0 Å². The number of methoxy groups -OCH3 is 3. The fourth-order valence-electron chi connectivity index (χ4n) is 3.44. The Morgan fingerprint density at radius 2 is 1.79 bits per heavy atom. The van der Waals surface area contributed by atoms with Crippen molar-refractivity contribution >= 4 is 11.9 Å². The van der Waals surface area contributed by atoms with Crippen LogP contribution in [0.2, 0.25) is 0 Å². The highest BCUT2D eigenvalue weighted by Crippen LogP contribution is 2.30. The van der Waals surface area contributed by atoms with Gasteiger partial charge in [0.15, 0.2) is 18.7 Å². The molecule has 0 aromatic heterocycles. The van der Waals surface area contributed by atoms with Gasteiger partial charge in [-0.2, -0.15) is 0 Å². The zero-order valence-electron chi connectivity index (χ0n) is 16.7. The highest BCUT2D eigenvalue weighted by Gasteiger charge is 2.50. The third-order valence-corrected chi connectivity index (χ3v) is 4.89. The normalized spacial score (nSPS) is 40.3. The summed E-state index contributed by atoms with van der Waals surface area (Å²) in [5.41, 5.74) is 0. The Balaban J connectivity index is 2.25. The average molecular weight is 423 g/mol. The minimum atomic E-state index is -1.39. The van der Waals surface area contributed by atoms with Gasteiger partial charge in [0.1, 0.15) is 30.5 Å². The molecule has 4 unspecified atom stereocenters. The summed E-state index contributed by atoms with van der Waals surface area (Å²) >= 11 is 0. The maximum absolute atomic E-state index is 12.0. The van der Waals surface area contributed by atoms with Crippen LogP contribution in [0.1, 0.15) is 13.3 Å². The van der Waals surface area contributed by atoms with E-state index in [-0.39, 0.29) is 6.42 Å². The molecular formula is C17H29NO11. The van der Waals surface area contributed by atoms with E-state index in [4.69, 9.17) is 28.4 Å². The number of nitrogens with one attached hydrogen (secondary N) is 1. The molecule has 0 bridgehead atoms. The maximum Gasteiger partial charge on any atom is 0.337 e. The number of amides is 1. The monoisotopic (exact) mass is 423 g/mol. The highest BCUT2D eigenvalue weighted by molar-refractivity contribution is 5.75. The van der Waals surface area contributed by atoms with E-state index in [2.05, 4.69) is 5.32 Å². The molecule has 0 aromatic rings. The van der Waals surface area contributed by atoms with Crippen molar-refractivity contribution in [3.05, 3.63) is 0 Å². The van der Waals surface area contributed by atoms with Gasteiger partial charge in [-0.05, 0) is 0 Å². The topological polar surface area (TPSA) is 162 Å². The lowest BCUT2D eigenvalue weighted by atomic mass is 9.96. The number of esters is 1. The Morgan fingerprint density at radius 3 is 2.31 bits per heavy atom. The summed E-state index contributed by atoms with van der Waals surface area (Å²) in [5, 5.41) is 33.1. The Labute approximate surface area is 168 Å². The average Bonchev–Trinajstić information content (AvgIpc) is 2.70. The van der Waals surface area contributed by atoms with Crippen LogP contribution < -0.4 is 5.32 Å². The van der Waals surface area contributed by atoms with Crippen molar-refractivity contribution in [2.75, 3.05) is 27.9 Å². The molecule has 1 amide bonds. The van der Waals surface area contributed by atoms with E-state index < -0.39 is 73.7 Å². The number of aliphatic hydroxyl groups is 3.